The third-order valence-corrected chi connectivity index (χ3v) is 4.53. The van der Waals surface area contributed by atoms with Crippen LogP contribution in [-0.2, 0) is 11.3 Å². The van der Waals surface area contributed by atoms with Gasteiger partial charge in [0, 0.05) is 25.3 Å². The van der Waals surface area contributed by atoms with E-state index in [0.717, 1.165) is 25.3 Å². The molecule has 1 fully saturated rings. The second-order valence-corrected chi connectivity index (χ2v) is 6.14. The van der Waals surface area contributed by atoms with Crippen LogP contribution in [0.3, 0.4) is 0 Å². The summed E-state index contributed by atoms with van der Waals surface area (Å²) in [6, 6.07) is 19.9. The topological polar surface area (TPSA) is 52.6 Å². The molecule has 0 unspecified atom stereocenters. The van der Waals surface area contributed by atoms with Crippen molar-refractivity contribution in [3.8, 4) is 0 Å². The van der Waals surface area contributed by atoms with Gasteiger partial charge in [0.1, 0.15) is 5.54 Å². The van der Waals surface area contributed by atoms with Gasteiger partial charge in [-0.05, 0) is 30.5 Å². The molecular formula is C19H23N2NaO2. The van der Waals surface area contributed by atoms with Crippen molar-refractivity contribution < 1.29 is 9.90 Å². The van der Waals surface area contributed by atoms with E-state index in [0.29, 0.717) is 12.8 Å². The van der Waals surface area contributed by atoms with Crippen molar-refractivity contribution in [2.45, 2.75) is 24.9 Å². The van der Waals surface area contributed by atoms with Crippen molar-refractivity contribution in [3.63, 3.8) is 0 Å². The molecule has 4 nitrogen and oxygen atoms in total. The molecule has 3 rings (SSSR count). The Balaban J connectivity index is 0.00000208. The molecule has 0 atom stereocenters. The Morgan fingerprint density at radius 2 is 1.54 bits per heavy atom. The van der Waals surface area contributed by atoms with Gasteiger partial charge in [-0.2, -0.15) is 0 Å². The van der Waals surface area contributed by atoms with Gasteiger partial charge in [-0.1, -0.05) is 48.5 Å². The number of likely N-dealkylation sites (tertiary alicyclic amines) is 1. The maximum atomic E-state index is 11.9. The Morgan fingerprint density at radius 3 is 2.08 bits per heavy atom. The summed E-state index contributed by atoms with van der Waals surface area (Å²) in [5.41, 5.74) is 1.27. The summed E-state index contributed by atoms with van der Waals surface area (Å²) < 4.78 is 0. The molecule has 1 aliphatic heterocycles. The number of hydrogen-bond acceptors (Lipinski definition) is 3. The van der Waals surface area contributed by atoms with Crippen molar-refractivity contribution >= 4 is 41.2 Å². The number of carboxylic acid groups (broad SMARTS) is 1. The fraction of sp³-hybridized carbons (Fsp3) is 0.316. The van der Waals surface area contributed by atoms with Gasteiger partial charge in [0.15, 0.2) is 0 Å². The van der Waals surface area contributed by atoms with E-state index in [1.165, 1.54) is 5.56 Å². The molecule has 0 amide bonds. The standard InChI is InChI=1S/C19H22N2O2.Na.H/c22-18(23)19(20-17-9-5-2-6-10-17)11-13-21(14-12-19)15-16-7-3-1-4-8-16;;/h1-10,20H,11-15H2,(H,22,23);;. The second kappa shape index (κ2) is 8.67. The zero-order valence-electron chi connectivity index (χ0n) is 13.1. The number of carboxylic acids is 1. The molecule has 2 aromatic rings. The molecule has 0 radical (unpaired) electrons. The summed E-state index contributed by atoms with van der Waals surface area (Å²) in [4.78, 5) is 14.2. The third-order valence-electron chi connectivity index (χ3n) is 4.53. The number of nitrogens with one attached hydrogen (secondary N) is 1. The number of carbonyl (C=O) groups is 1. The Kier molecular flexibility index (Phi) is 6.87. The van der Waals surface area contributed by atoms with E-state index < -0.39 is 11.5 Å². The Morgan fingerprint density at radius 1 is 1.00 bits per heavy atom. The maximum absolute atomic E-state index is 11.9. The molecule has 1 heterocycles. The zero-order valence-corrected chi connectivity index (χ0v) is 13.1. The number of benzene rings is 2. The van der Waals surface area contributed by atoms with Gasteiger partial charge < -0.3 is 10.4 Å². The number of piperidine rings is 1. The van der Waals surface area contributed by atoms with Gasteiger partial charge in [-0.3, -0.25) is 4.90 Å². The van der Waals surface area contributed by atoms with Gasteiger partial charge in [-0.25, -0.2) is 4.79 Å². The monoisotopic (exact) mass is 334 g/mol. The van der Waals surface area contributed by atoms with Gasteiger partial charge in [0.2, 0.25) is 0 Å². The molecule has 122 valence electrons. The normalized spacial score (nSPS) is 16.8. The fourth-order valence-electron chi connectivity index (χ4n) is 3.12. The average molecular weight is 334 g/mol. The minimum atomic E-state index is -0.867. The predicted octanol–water partition coefficient (Wildman–Crippen LogP) is 2.57. The molecule has 24 heavy (non-hydrogen) atoms. The number of hydrogen-bond donors (Lipinski definition) is 2. The number of anilines is 1. The molecule has 2 aromatic carbocycles. The summed E-state index contributed by atoms with van der Waals surface area (Å²) in [5, 5.41) is 13.0. The van der Waals surface area contributed by atoms with E-state index in [4.69, 9.17) is 0 Å². The first-order chi connectivity index (χ1) is 11.2. The molecule has 0 aliphatic carbocycles. The van der Waals surface area contributed by atoms with Crippen LogP contribution in [0.1, 0.15) is 18.4 Å². The predicted molar refractivity (Wildman–Crippen MR) is 98.5 cm³/mol. The summed E-state index contributed by atoms with van der Waals surface area (Å²) in [7, 11) is 0. The zero-order chi connectivity index (χ0) is 16.1. The molecule has 0 aromatic heterocycles. The Labute approximate surface area is 165 Å². The van der Waals surface area contributed by atoms with Gasteiger partial charge >= 0.3 is 35.5 Å². The second-order valence-electron chi connectivity index (χ2n) is 6.14. The molecule has 5 heteroatoms. The van der Waals surface area contributed by atoms with Crippen LogP contribution in [0.5, 0.6) is 0 Å². The average Bonchev–Trinajstić information content (AvgIpc) is 2.58. The first kappa shape index (κ1) is 19.0. The van der Waals surface area contributed by atoms with Crippen LogP contribution in [0.4, 0.5) is 5.69 Å². The van der Waals surface area contributed by atoms with Crippen LogP contribution in [0.25, 0.3) is 0 Å². The van der Waals surface area contributed by atoms with Crippen LogP contribution < -0.4 is 5.32 Å². The number of rotatable bonds is 5. The summed E-state index contributed by atoms with van der Waals surface area (Å²) in [6.07, 6.45) is 1.20. The fourth-order valence-corrected chi connectivity index (χ4v) is 3.12. The van der Waals surface area contributed by atoms with E-state index >= 15 is 0 Å². The SMILES string of the molecule is O=C(O)C1(Nc2ccccc2)CCN(Cc2ccccc2)CC1.[NaH]. The number of nitrogens with zero attached hydrogens (tertiary/aromatic N) is 1. The van der Waals surface area contributed by atoms with Crippen LogP contribution in [0.2, 0.25) is 0 Å². The van der Waals surface area contributed by atoms with E-state index in [1.54, 1.807) is 0 Å². The van der Waals surface area contributed by atoms with Crippen LogP contribution in [0.15, 0.2) is 60.7 Å². The first-order valence-corrected chi connectivity index (χ1v) is 8.01. The van der Waals surface area contributed by atoms with Crippen LogP contribution in [-0.4, -0.2) is 64.2 Å². The van der Waals surface area contributed by atoms with E-state index in [1.807, 2.05) is 48.5 Å². The molecule has 1 aliphatic rings. The van der Waals surface area contributed by atoms with E-state index in [2.05, 4.69) is 22.3 Å². The summed E-state index contributed by atoms with van der Waals surface area (Å²) in [5.74, 6) is -0.763. The Hall–Kier alpha value is -1.33. The molecule has 1 saturated heterocycles. The van der Waals surface area contributed by atoms with Crippen molar-refractivity contribution in [1.29, 1.82) is 0 Å². The molecular weight excluding hydrogens is 311 g/mol. The minimum absolute atomic E-state index is 0. The molecule has 0 spiro atoms. The van der Waals surface area contributed by atoms with Crippen molar-refractivity contribution in [2.75, 3.05) is 18.4 Å². The van der Waals surface area contributed by atoms with Crippen molar-refractivity contribution in [2.24, 2.45) is 0 Å². The molecule has 0 bridgehead atoms. The number of para-hydroxylation sites is 1. The molecule has 2 N–H and O–H groups in total. The third kappa shape index (κ3) is 4.61. The van der Waals surface area contributed by atoms with Gasteiger partial charge in [-0.15, -0.1) is 0 Å². The molecule has 0 saturated carbocycles. The van der Waals surface area contributed by atoms with Crippen molar-refractivity contribution in [1.82, 2.24) is 4.90 Å². The van der Waals surface area contributed by atoms with Gasteiger partial charge in [0.25, 0.3) is 0 Å². The first-order valence-electron chi connectivity index (χ1n) is 8.01. The van der Waals surface area contributed by atoms with E-state index in [9.17, 15) is 9.90 Å². The summed E-state index contributed by atoms with van der Waals surface area (Å²) in [6.45, 7) is 2.43. The summed E-state index contributed by atoms with van der Waals surface area (Å²) >= 11 is 0. The van der Waals surface area contributed by atoms with Crippen LogP contribution in [0, 0.1) is 0 Å². The Bertz CT molecular complexity index is 641. The quantitative estimate of drug-likeness (QED) is 0.825. The van der Waals surface area contributed by atoms with Crippen LogP contribution >= 0.6 is 0 Å². The number of aliphatic carboxylic acids is 1. The van der Waals surface area contributed by atoms with E-state index in [-0.39, 0.29) is 29.6 Å². The van der Waals surface area contributed by atoms with Gasteiger partial charge in [0.05, 0.1) is 0 Å². The van der Waals surface area contributed by atoms with Crippen molar-refractivity contribution in [3.05, 3.63) is 66.2 Å².